The van der Waals surface area contributed by atoms with E-state index in [1.807, 2.05) is 0 Å². The van der Waals surface area contributed by atoms with Crippen molar-refractivity contribution in [2.24, 2.45) is 0 Å². The van der Waals surface area contributed by atoms with Crippen LogP contribution in [0.5, 0.6) is 0 Å². The number of rotatable bonds is 3. The first kappa shape index (κ1) is 17.1. The molecule has 1 aromatic carbocycles. The van der Waals surface area contributed by atoms with Crippen molar-refractivity contribution in [2.45, 2.75) is 18.0 Å². The van der Waals surface area contributed by atoms with Crippen LogP contribution in [-0.4, -0.2) is 28.3 Å². The van der Waals surface area contributed by atoms with Gasteiger partial charge in [0.2, 0.25) is 0 Å². The van der Waals surface area contributed by atoms with Crippen LogP contribution in [0.25, 0.3) is 5.69 Å². The van der Waals surface area contributed by atoms with Gasteiger partial charge in [0.1, 0.15) is 0 Å². The molecule has 0 spiro atoms. The molecule has 0 aliphatic carbocycles. The lowest BCUT2D eigenvalue weighted by molar-refractivity contribution is -0.376. The van der Waals surface area contributed by atoms with Crippen molar-refractivity contribution in [2.75, 3.05) is 0 Å². The van der Waals surface area contributed by atoms with Crippen molar-refractivity contribution in [1.82, 2.24) is 4.57 Å². The highest BCUT2D eigenvalue weighted by Crippen LogP contribution is 2.50. The topological polar surface area (TPSA) is 42.2 Å². The first-order chi connectivity index (χ1) is 10.5. The molecule has 2 aromatic rings. The first-order valence-electron chi connectivity index (χ1n) is 6.11. The van der Waals surface area contributed by atoms with Crippen LogP contribution in [0.1, 0.15) is 16.1 Å². The number of hydrogen-bond acceptors (Lipinski definition) is 2. The average molecular weight is 337 g/mol. The Hall–Kier alpha value is -2.29. The molecular weight excluding hydrogens is 328 g/mol. The van der Waals surface area contributed by atoms with Crippen LogP contribution in [-0.2, 0) is 5.60 Å². The van der Waals surface area contributed by atoms with E-state index in [0.29, 0.717) is 18.4 Å². The molecular formula is C14H9F6NO2. The number of nitrogens with zero attached hydrogens (tertiary/aromatic N) is 1. The highest BCUT2D eigenvalue weighted by atomic mass is 19.4. The SMILES string of the molecule is O=Cc1cccn1-c1ccc(C(O)(C(F)(F)F)C(F)(F)F)cc1. The van der Waals surface area contributed by atoms with Gasteiger partial charge in [0.25, 0.3) is 5.60 Å². The van der Waals surface area contributed by atoms with Crippen LogP contribution in [0, 0.1) is 0 Å². The van der Waals surface area contributed by atoms with Crippen LogP contribution >= 0.6 is 0 Å². The number of carbonyl (C=O) groups excluding carboxylic acids is 1. The molecule has 23 heavy (non-hydrogen) atoms. The summed E-state index contributed by atoms with van der Waals surface area (Å²) in [7, 11) is 0. The molecule has 0 aliphatic heterocycles. The van der Waals surface area contributed by atoms with Crippen LogP contribution in [0.2, 0.25) is 0 Å². The Bertz CT molecular complexity index is 685. The summed E-state index contributed by atoms with van der Waals surface area (Å²) in [5.74, 6) is 0. The molecule has 3 nitrogen and oxygen atoms in total. The van der Waals surface area contributed by atoms with Crippen molar-refractivity contribution < 1.29 is 36.2 Å². The molecule has 1 heterocycles. The summed E-state index contributed by atoms with van der Waals surface area (Å²) in [6.07, 6.45) is -9.98. The monoisotopic (exact) mass is 337 g/mol. The molecule has 0 radical (unpaired) electrons. The van der Waals surface area contributed by atoms with Crippen molar-refractivity contribution in [3.63, 3.8) is 0 Å². The van der Waals surface area contributed by atoms with Crippen molar-refractivity contribution in [3.05, 3.63) is 53.9 Å². The zero-order valence-electron chi connectivity index (χ0n) is 11.2. The maximum Gasteiger partial charge on any atom is 0.430 e. The minimum atomic E-state index is -5.94. The molecule has 1 aromatic heterocycles. The fourth-order valence-electron chi connectivity index (χ4n) is 2.08. The molecule has 0 saturated heterocycles. The number of alkyl halides is 6. The maximum absolute atomic E-state index is 12.8. The number of carbonyl (C=O) groups is 1. The summed E-state index contributed by atoms with van der Waals surface area (Å²) in [5.41, 5.74) is -5.99. The molecule has 9 heteroatoms. The predicted molar refractivity (Wildman–Crippen MR) is 67.2 cm³/mol. The number of halogens is 6. The Labute approximate surface area is 125 Å². The number of aldehydes is 1. The van der Waals surface area contributed by atoms with Gasteiger partial charge in [-0.15, -0.1) is 0 Å². The third kappa shape index (κ3) is 2.72. The third-order valence-corrected chi connectivity index (χ3v) is 3.28. The molecule has 0 unspecified atom stereocenters. The van der Waals surface area contributed by atoms with E-state index >= 15 is 0 Å². The molecule has 0 bridgehead atoms. The number of benzene rings is 1. The van der Waals surface area contributed by atoms with Crippen LogP contribution in [0.4, 0.5) is 26.3 Å². The van der Waals surface area contributed by atoms with E-state index in [0.717, 1.165) is 12.1 Å². The van der Waals surface area contributed by atoms with E-state index in [4.69, 9.17) is 0 Å². The summed E-state index contributed by atoms with van der Waals surface area (Å²) < 4.78 is 77.8. The Morgan fingerprint density at radius 3 is 1.87 bits per heavy atom. The van der Waals surface area contributed by atoms with E-state index in [1.165, 1.54) is 22.9 Å². The van der Waals surface area contributed by atoms with Gasteiger partial charge in [-0.05, 0) is 24.3 Å². The van der Waals surface area contributed by atoms with E-state index in [-0.39, 0.29) is 11.4 Å². The number of aromatic nitrogens is 1. The second kappa shape index (κ2) is 5.41. The zero-order chi connectivity index (χ0) is 17.5. The van der Waals surface area contributed by atoms with E-state index in [1.54, 1.807) is 0 Å². The molecule has 1 N–H and O–H groups in total. The Morgan fingerprint density at radius 2 is 1.43 bits per heavy atom. The van der Waals surface area contributed by atoms with Crippen LogP contribution in [0.15, 0.2) is 42.6 Å². The molecule has 0 fully saturated rings. The third-order valence-electron chi connectivity index (χ3n) is 3.28. The summed E-state index contributed by atoms with van der Waals surface area (Å²) >= 11 is 0. The molecule has 2 rings (SSSR count). The van der Waals surface area contributed by atoms with Gasteiger partial charge in [0.05, 0.1) is 5.69 Å². The molecule has 0 aliphatic rings. The van der Waals surface area contributed by atoms with Crippen molar-refractivity contribution in [3.8, 4) is 5.69 Å². The second-order valence-electron chi connectivity index (χ2n) is 4.67. The summed E-state index contributed by atoms with van der Waals surface area (Å²) in [4.78, 5) is 10.8. The minimum Gasteiger partial charge on any atom is -0.369 e. The van der Waals surface area contributed by atoms with Gasteiger partial charge in [-0.25, -0.2) is 0 Å². The standard InChI is InChI=1S/C14H9F6NO2/c15-13(16,17)12(23,14(18,19)20)9-3-5-10(6-4-9)21-7-1-2-11(21)8-22/h1-8,23H. The van der Waals surface area contributed by atoms with Gasteiger partial charge < -0.3 is 9.67 Å². The average Bonchev–Trinajstić information content (AvgIpc) is 2.92. The van der Waals surface area contributed by atoms with Gasteiger partial charge in [0.15, 0.2) is 6.29 Å². The lowest BCUT2D eigenvalue weighted by Gasteiger charge is -2.32. The quantitative estimate of drug-likeness (QED) is 0.687. The predicted octanol–water partition coefficient (Wildman–Crippen LogP) is 3.60. The Balaban J connectivity index is 2.51. The zero-order valence-corrected chi connectivity index (χ0v) is 11.2. The van der Waals surface area contributed by atoms with Gasteiger partial charge in [-0.1, -0.05) is 12.1 Å². The van der Waals surface area contributed by atoms with E-state index in [9.17, 15) is 36.2 Å². The Kier molecular flexibility index (Phi) is 4.02. The van der Waals surface area contributed by atoms with E-state index < -0.39 is 23.5 Å². The van der Waals surface area contributed by atoms with Crippen molar-refractivity contribution >= 4 is 6.29 Å². The molecule has 0 saturated carbocycles. The van der Waals surface area contributed by atoms with Crippen molar-refractivity contribution in [1.29, 1.82) is 0 Å². The smallest absolute Gasteiger partial charge is 0.369 e. The molecule has 0 atom stereocenters. The normalized spacial score (nSPS) is 13.2. The maximum atomic E-state index is 12.8. The van der Waals surface area contributed by atoms with Gasteiger partial charge in [-0.3, -0.25) is 4.79 Å². The molecule has 0 amide bonds. The van der Waals surface area contributed by atoms with Gasteiger partial charge in [-0.2, -0.15) is 26.3 Å². The highest BCUT2D eigenvalue weighted by Gasteiger charge is 2.71. The summed E-state index contributed by atoms with van der Waals surface area (Å²) in [6.45, 7) is 0. The van der Waals surface area contributed by atoms with Gasteiger partial charge in [0, 0.05) is 17.4 Å². The summed E-state index contributed by atoms with van der Waals surface area (Å²) in [6, 6.07) is 5.84. The van der Waals surface area contributed by atoms with Gasteiger partial charge >= 0.3 is 12.4 Å². The van der Waals surface area contributed by atoms with Crippen LogP contribution in [0.3, 0.4) is 0 Å². The highest BCUT2D eigenvalue weighted by molar-refractivity contribution is 5.73. The Morgan fingerprint density at radius 1 is 0.913 bits per heavy atom. The fourth-order valence-corrected chi connectivity index (χ4v) is 2.08. The van der Waals surface area contributed by atoms with Crippen LogP contribution < -0.4 is 0 Å². The largest absolute Gasteiger partial charge is 0.430 e. The lowest BCUT2D eigenvalue weighted by atomic mass is 9.92. The molecule has 124 valence electrons. The minimum absolute atomic E-state index is 0.166. The first-order valence-corrected chi connectivity index (χ1v) is 6.11. The fraction of sp³-hybridized carbons (Fsp3) is 0.214. The number of aliphatic hydroxyl groups is 1. The lowest BCUT2D eigenvalue weighted by Crippen LogP contribution is -2.53. The second-order valence-corrected chi connectivity index (χ2v) is 4.67. The van der Waals surface area contributed by atoms with E-state index in [2.05, 4.69) is 0 Å². The summed E-state index contributed by atoms with van der Waals surface area (Å²) in [5, 5.41) is 9.26. The number of hydrogen-bond donors (Lipinski definition) is 1.